The summed E-state index contributed by atoms with van der Waals surface area (Å²) in [4.78, 5) is 14.5. The average molecular weight is 551 g/mol. The van der Waals surface area contributed by atoms with Crippen molar-refractivity contribution in [2.24, 2.45) is 0 Å². The smallest absolute Gasteiger partial charge is 0.338 e. The number of methoxy groups -OCH3 is 1. The molecule has 1 atom stereocenters. The minimum Gasteiger partial charge on any atom is -0.489 e. The highest BCUT2D eigenvalue weighted by Crippen LogP contribution is 2.44. The number of ether oxygens (including phenoxy) is 2. The molecule has 1 aliphatic heterocycles. The van der Waals surface area contributed by atoms with Crippen LogP contribution in [0.25, 0.3) is 0 Å². The minimum absolute atomic E-state index is 0.103. The van der Waals surface area contributed by atoms with Gasteiger partial charge >= 0.3 is 5.97 Å². The van der Waals surface area contributed by atoms with E-state index in [-0.39, 0.29) is 17.3 Å². The number of carbonyl (C=O) groups is 1. The van der Waals surface area contributed by atoms with E-state index in [2.05, 4.69) is 28.2 Å². The first-order valence-electron chi connectivity index (χ1n) is 12.7. The molecule has 8 nitrogen and oxygen atoms in total. The molecule has 2 aromatic rings. The van der Waals surface area contributed by atoms with Crippen molar-refractivity contribution < 1.29 is 27.8 Å². The molecular formula is C27H38N2O6S2. The Morgan fingerprint density at radius 3 is 2.38 bits per heavy atom. The zero-order chi connectivity index (χ0) is 27.1. The lowest BCUT2D eigenvalue weighted by Crippen LogP contribution is -2.53. The summed E-state index contributed by atoms with van der Waals surface area (Å²) in [6, 6.07) is 13.1. The van der Waals surface area contributed by atoms with Gasteiger partial charge in [0.15, 0.2) is 6.10 Å². The van der Waals surface area contributed by atoms with Crippen molar-refractivity contribution in [3.05, 3.63) is 42.5 Å². The van der Waals surface area contributed by atoms with Gasteiger partial charge in [-0.15, -0.1) is 11.8 Å². The van der Waals surface area contributed by atoms with Gasteiger partial charge in [0.2, 0.25) is 10.0 Å². The summed E-state index contributed by atoms with van der Waals surface area (Å²) in [6.07, 6.45) is 5.57. The molecule has 37 heavy (non-hydrogen) atoms. The molecule has 2 aromatic carbocycles. The van der Waals surface area contributed by atoms with Gasteiger partial charge in [-0.05, 0) is 37.3 Å². The van der Waals surface area contributed by atoms with E-state index in [4.69, 9.17) is 4.74 Å². The molecule has 0 spiro atoms. The van der Waals surface area contributed by atoms with Gasteiger partial charge in [-0.2, -0.15) is 0 Å². The van der Waals surface area contributed by atoms with Gasteiger partial charge in [0, 0.05) is 18.3 Å². The van der Waals surface area contributed by atoms with Crippen LogP contribution in [0.15, 0.2) is 52.3 Å². The first-order chi connectivity index (χ1) is 17.7. The van der Waals surface area contributed by atoms with Crippen LogP contribution in [0.2, 0.25) is 0 Å². The fourth-order valence-corrected chi connectivity index (χ4v) is 6.82. The molecule has 1 heterocycles. The number of aliphatic hydroxyl groups is 1. The third-order valence-electron chi connectivity index (χ3n) is 6.59. The summed E-state index contributed by atoms with van der Waals surface area (Å²) in [5, 5.41) is 10.0. The van der Waals surface area contributed by atoms with Crippen LogP contribution in [-0.2, 0) is 19.6 Å². The number of fused-ring (bicyclic) bond motifs is 1. The van der Waals surface area contributed by atoms with Crippen LogP contribution in [0.4, 0.5) is 11.4 Å². The van der Waals surface area contributed by atoms with E-state index in [1.165, 1.54) is 24.9 Å². The highest BCUT2D eigenvalue weighted by atomic mass is 32.2. The summed E-state index contributed by atoms with van der Waals surface area (Å²) in [5.74, 6) is -0.538. The second-order valence-electron chi connectivity index (χ2n) is 9.34. The Hall–Kier alpha value is -2.27. The largest absolute Gasteiger partial charge is 0.489 e. The number of thioether (sulfide) groups is 1. The molecule has 10 heteroatoms. The number of hydrogen-bond donors (Lipinski definition) is 2. The second-order valence-corrected chi connectivity index (χ2v) is 11.8. The molecule has 0 saturated heterocycles. The lowest BCUT2D eigenvalue weighted by molar-refractivity contribution is -0.151. The Labute approximate surface area is 224 Å². The topological polar surface area (TPSA) is 105 Å². The Balaban J connectivity index is 2.17. The molecule has 0 unspecified atom stereocenters. The quantitative estimate of drug-likeness (QED) is 0.285. The molecule has 3 rings (SSSR count). The number of esters is 1. The Kier molecular flexibility index (Phi) is 10.3. The molecule has 0 aromatic heterocycles. The number of hydrogen-bond acceptors (Lipinski definition) is 8. The Bertz CT molecular complexity index is 1150. The molecule has 1 aliphatic rings. The lowest BCUT2D eigenvalue weighted by Gasteiger charge is -2.37. The molecule has 0 fully saturated rings. The van der Waals surface area contributed by atoms with Crippen LogP contribution in [0.5, 0.6) is 5.75 Å². The van der Waals surface area contributed by atoms with E-state index in [1.54, 1.807) is 0 Å². The van der Waals surface area contributed by atoms with Crippen molar-refractivity contribution in [2.45, 2.75) is 73.8 Å². The van der Waals surface area contributed by atoms with Crippen molar-refractivity contribution >= 4 is 39.1 Å². The van der Waals surface area contributed by atoms with Crippen LogP contribution in [0, 0.1) is 0 Å². The monoisotopic (exact) mass is 550 g/mol. The number of unbranched alkanes of at least 4 members (excludes halogenated alkanes) is 2. The van der Waals surface area contributed by atoms with Crippen molar-refractivity contribution in [1.29, 1.82) is 0 Å². The van der Waals surface area contributed by atoms with Crippen molar-refractivity contribution in [3.63, 3.8) is 0 Å². The van der Waals surface area contributed by atoms with Gasteiger partial charge in [-0.3, -0.25) is 0 Å². The number of carbonyl (C=O) groups excluding carboxylic acids is 1. The summed E-state index contributed by atoms with van der Waals surface area (Å²) in [6.45, 7) is 4.36. The SMILES string of the molecule is CCCCC1(CCCC)CN(c2ccccc2)c2cc(SC)c(OC[C@@H](O)C(=O)OC)cc2S(=O)(=O)N1. The molecule has 0 saturated carbocycles. The van der Waals surface area contributed by atoms with Gasteiger partial charge < -0.3 is 19.5 Å². The zero-order valence-corrected chi connectivity index (χ0v) is 23.7. The van der Waals surface area contributed by atoms with Gasteiger partial charge in [-0.1, -0.05) is 57.7 Å². The van der Waals surface area contributed by atoms with Crippen LogP contribution in [0.3, 0.4) is 0 Å². The predicted molar refractivity (Wildman–Crippen MR) is 147 cm³/mol. The standard InChI is InChI=1S/C27H38N2O6S2/c1-5-7-14-27(15-8-6-2)19-29(20-12-10-9-11-13-20)21-16-24(36-4)23(17-25(21)37(32,33)28-27)35-18-22(30)26(31)34-3/h9-13,16-17,22,28,30H,5-8,14-15,18-19H2,1-4H3/t22-/m1/s1. The second kappa shape index (κ2) is 13.0. The number of aliphatic hydroxyl groups excluding tert-OH is 1. The third kappa shape index (κ3) is 6.98. The number of para-hydroxylation sites is 1. The van der Waals surface area contributed by atoms with Crippen LogP contribution < -0.4 is 14.4 Å². The Morgan fingerprint density at radius 1 is 1.16 bits per heavy atom. The third-order valence-corrected chi connectivity index (χ3v) is 8.96. The van der Waals surface area contributed by atoms with E-state index < -0.39 is 27.6 Å². The number of nitrogens with zero attached hydrogens (tertiary/aromatic N) is 1. The van der Waals surface area contributed by atoms with Crippen molar-refractivity contribution in [3.8, 4) is 5.75 Å². The lowest BCUT2D eigenvalue weighted by atomic mass is 9.87. The van der Waals surface area contributed by atoms with Crippen molar-refractivity contribution in [1.82, 2.24) is 4.72 Å². The summed E-state index contributed by atoms with van der Waals surface area (Å²) < 4.78 is 41.3. The van der Waals surface area contributed by atoms with E-state index in [1.807, 2.05) is 42.7 Å². The van der Waals surface area contributed by atoms with E-state index in [0.29, 0.717) is 17.1 Å². The summed E-state index contributed by atoms with van der Waals surface area (Å²) in [5.41, 5.74) is 0.835. The maximum absolute atomic E-state index is 13.9. The van der Waals surface area contributed by atoms with Gasteiger partial charge in [0.1, 0.15) is 17.3 Å². The maximum atomic E-state index is 13.9. The minimum atomic E-state index is -3.93. The number of rotatable bonds is 12. The molecule has 0 aliphatic carbocycles. The maximum Gasteiger partial charge on any atom is 0.338 e. The molecular weight excluding hydrogens is 512 g/mol. The first-order valence-corrected chi connectivity index (χ1v) is 15.4. The van der Waals surface area contributed by atoms with E-state index in [9.17, 15) is 18.3 Å². The summed E-state index contributed by atoms with van der Waals surface area (Å²) >= 11 is 1.40. The Morgan fingerprint density at radius 2 is 1.81 bits per heavy atom. The molecule has 0 bridgehead atoms. The number of nitrogens with one attached hydrogen (secondary N) is 1. The molecule has 0 amide bonds. The zero-order valence-electron chi connectivity index (χ0n) is 22.0. The van der Waals surface area contributed by atoms with E-state index in [0.717, 1.165) is 44.2 Å². The highest BCUT2D eigenvalue weighted by molar-refractivity contribution is 7.98. The van der Waals surface area contributed by atoms with Crippen molar-refractivity contribution in [2.75, 3.05) is 31.4 Å². The molecule has 204 valence electrons. The fraction of sp³-hybridized carbons (Fsp3) is 0.519. The molecule has 0 radical (unpaired) electrons. The van der Waals surface area contributed by atoms with Gasteiger partial charge in [-0.25, -0.2) is 17.9 Å². The van der Waals surface area contributed by atoms with Gasteiger partial charge in [0.05, 0.1) is 23.2 Å². The van der Waals surface area contributed by atoms with Crippen LogP contribution in [0.1, 0.15) is 52.4 Å². The first kappa shape index (κ1) is 29.3. The highest BCUT2D eigenvalue weighted by Gasteiger charge is 2.42. The van der Waals surface area contributed by atoms with Gasteiger partial charge in [0.25, 0.3) is 0 Å². The van der Waals surface area contributed by atoms with Crippen LogP contribution in [-0.4, -0.2) is 57.7 Å². The predicted octanol–water partition coefficient (Wildman–Crippen LogP) is 4.87. The average Bonchev–Trinajstić information content (AvgIpc) is 3.00. The van der Waals surface area contributed by atoms with Crippen LogP contribution >= 0.6 is 11.8 Å². The molecule has 2 N–H and O–H groups in total. The van der Waals surface area contributed by atoms with E-state index >= 15 is 0 Å². The normalized spacial score (nSPS) is 16.9. The number of anilines is 2. The summed E-state index contributed by atoms with van der Waals surface area (Å²) in [7, 11) is -2.75. The fourth-order valence-electron chi connectivity index (χ4n) is 4.62. The number of sulfonamides is 1. The number of benzene rings is 2.